The first kappa shape index (κ1) is 16.2. The van der Waals surface area contributed by atoms with Gasteiger partial charge in [0.2, 0.25) is 5.91 Å². The van der Waals surface area contributed by atoms with Crippen LogP contribution in [0.4, 0.5) is 5.69 Å². The normalized spacial score (nSPS) is 12.7. The van der Waals surface area contributed by atoms with E-state index in [9.17, 15) is 9.59 Å². The predicted octanol–water partition coefficient (Wildman–Crippen LogP) is 2.18. The summed E-state index contributed by atoms with van der Waals surface area (Å²) in [5.41, 5.74) is 6.48. The lowest BCUT2D eigenvalue weighted by atomic mass is 9.87. The van der Waals surface area contributed by atoms with Crippen molar-refractivity contribution in [2.45, 2.75) is 33.7 Å². The minimum atomic E-state index is -0.631. The van der Waals surface area contributed by atoms with Crippen LogP contribution >= 0.6 is 0 Å². The van der Waals surface area contributed by atoms with Crippen molar-refractivity contribution in [3.63, 3.8) is 0 Å². The van der Waals surface area contributed by atoms with Crippen LogP contribution in [0.15, 0.2) is 24.3 Å². The molecule has 0 aliphatic carbocycles. The Morgan fingerprint density at radius 1 is 1.35 bits per heavy atom. The van der Waals surface area contributed by atoms with Crippen LogP contribution in [0.3, 0.4) is 0 Å². The molecule has 1 amide bonds. The van der Waals surface area contributed by atoms with E-state index < -0.39 is 12.0 Å². The van der Waals surface area contributed by atoms with Gasteiger partial charge in [-0.15, -0.1) is 0 Å². The molecule has 0 saturated carbocycles. The summed E-state index contributed by atoms with van der Waals surface area (Å²) in [6.45, 7) is 7.74. The minimum absolute atomic E-state index is 0.279. The third kappa shape index (κ3) is 4.35. The van der Waals surface area contributed by atoms with E-state index in [0.717, 1.165) is 0 Å². The van der Waals surface area contributed by atoms with Gasteiger partial charge < -0.3 is 15.8 Å². The molecule has 1 rings (SSSR count). The topological polar surface area (TPSA) is 81.4 Å². The molecule has 0 unspecified atom stereocenters. The number of ether oxygens (including phenoxy) is 1. The van der Waals surface area contributed by atoms with Gasteiger partial charge in [0.15, 0.2) is 0 Å². The Labute approximate surface area is 119 Å². The maximum atomic E-state index is 12.0. The molecule has 20 heavy (non-hydrogen) atoms. The fourth-order valence-corrected chi connectivity index (χ4v) is 1.55. The van der Waals surface area contributed by atoms with Crippen molar-refractivity contribution in [2.24, 2.45) is 11.1 Å². The standard InChI is InChI=1S/C15H22N2O3/c1-5-20-14(19)10-7-6-8-11(9-10)17-13(18)12(16)15(2,3)4/h6-9,12H,5,16H2,1-4H3,(H,17,18)/t12-/m0/s1. The van der Waals surface area contributed by atoms with Gasteiger partial charge in [0, 0.05) is 5.69 Å². The Bertz CT molecular complexity index is 492. The summed E-state index contributed by atoms with van der Waals surface area (Å²) in [5, 5.41) is 2.71. The number of esters is 1. The number of nitrogens with two attached hydrogens (primary N) is 1. The summed E-state index contributed by atoms with van der Waals surface area (Å²) in [6, 6.07) is 5.97. The summed E-state index contributed by atoms with van der Waals surface area (Å²) in [5.74, 6) is -0.692. The van der Waals surface area contributed by atoms with Gasteiger partial charge in [-0.1, -0.05) is 26.8 Å². The Balaban J connectivity index is 2.81. The van der Waals surface area contributed by atoms with Gasteiger partial charge in [0.05, 0.1) is 18.2 Å². The van der Waals surface area contributed by atoms with Crippen LogP contribution in [-0.4, -0.2) is 24.5 Å². The van der Waals surface area contributed by atoms with Crippen molar-refractivity contribution in [1.29, 1.82) is 0 Å². The second-order valence-electron chi connectivity index (χ2n) is 5.63. The number of amides is 1. The average Bonchev–Trinajstić information content (AvgIpc) is 2.37. The van der Waals surface area contributed by atoms with E-state index in [1.54, 1.807) is 31.2 Å². The number of hydrogen-bond donors (Lipinski definition) is 2. The Hall–Kier alpha value is -1.88. The van der Waals surface area contributed by atoms with E-state index in [0.29, 0.717) is 17.9 Å². The smallest absolute Gasteiger partial charge is 0.338 e. The maximum absolute atomic E-state index is 12.0. The summed E-state index contributed by atoms with van der Waals surface area (Å²) in [4.78, 5) is 23.6. The molecular formula is C15H22N2O3. The second kappa shape index (κ2) is 6.52. The highest BCUT2D eigenvalue weighted by atomic mass is 16.5. The zero-order valence-electron chi connectivity index (χ0n) is 12.4. The van der Waals surface area contributed by atoms with Gasteiger partial charge in [-0.2, -0.15) is 0 Å². The number of anilines is 1. The molecule has 5 nitrogen and oxygen atoms in total. The third-order valence-electron chi connectivity index (χ3n) is 2.86. The molecule has 0 aliphatic rings. The first-order valence-corrected chi connectivity index (χ1v) is 6.59. The van der Waals surface area contributed by atoms with E-state index in [2.05, 4.69) is 5.32 Å². The van der Waals surface area contributed by atoms with Crippen molar-refractivity contribution in [2.75, 3.05) is 11.9 Å². The summed E-state index contributed by atoms with van der Waals surface area (Å²) in [6.07, 6.45) is 0. The summed E-state index contributed by atoms with van der Waals surface area (Å²) < 4.78 is 4.91. The van der Waals surface area contributed by atoms with Crippen LogP contribution in [0.5, 0.6) is 0 Å². The highest BCUT2D eigenvalue weighted by Gasteiger charge is 2.27. The monoisotopic (exact) mass is 278 g/mol. The van der Waals surface area contributed by atoms with Gasteiger partial charge in [0.25, 0.3) is 0 Å². The quantitative estimate of drug-likeness (QED) is 0.827. The zero-order chi connectivity index (χ0) is 15.3. The van der Waals surface area contributed by atoms with Crippen molar-refractivity contribution in [3.8, 4) is 0 Å². The molecule has 0 radical (unpaired) electrons. The fraction of sp³-hybridized carbons (Fsp3) is 0.467. The van der Waals surface area contributed by atoms with E-state index in [4.69, 9.17) is 10.5 Å². The zero-order valence-corrected chi connectivity index (χ0v) is 12.4. The number of carbonyl (C=O) groups is 2. The van der Waals surface area contributed by atoms with Gasteiger partial charge >= 0.3 is 5.97 Å². The van der Waals surface area contributed by atoms with Crippen LogP contribution in [0.1, 0.15) is 38.1 Å². The second-order valence-corrected chi connectivity index (χ2v) is 5.63. The van der Waals surface area contributed by atoms with Crippen LogP contribution < -0.4 is 11.1 Å². The maximum Gasteiger partial charge on any atom is 0.338 e. The molecular weight excluding hydrogens is 256 g/mol. The molecule has 0 saturated heterocycles. The molecule has 5 heteroatoms. The van der Waals surface area contributed by atoms with Crippen molar-refractivity contribution < 1.29 is 14.3 Å². The van der Waals surface area contributed by atoms with Gasteiger partial charge in [0.1, 0.15) is 0 Å². The number of hydrogen-bond acceptors (Lipinski definition) is 4. The number of carbonyl (C=O) groups excluding carboxylic acids is 2. The molecule has 0 bridgehead atoms. The number of nitrogens with one attached hydrogen (secondary N) is 1. The molecule has 0 spiro atoms. The highest BCUT2D eigenvalue weighted by molar-refractivity contribution is 5.97. The van der Waals surface area contributed by atoms with E-state index in [1.165, 1.54) is 0 Å². The molecule has 1 aromatic rings. The predicted molar refractivity (Wildman–Crippen MR) is 78.5 cm³/mol. The lowest BCUT2D eigenvalue weighted by molar-refractivity contribution is -0.119. The molecule has 0 fully saturated rings. The van der Waals surface area contributed by atoms with Crippen LogP contribution in [-0.2, 0) is 9.53 Å². The Morgan fingerprint density at radius 3 is 2.55 bits per heavy atom. The van der Waals surface area contributed by atoms with Crippen LogP contribution in [0, 0.1) is 5.41 Å². The number of rotatable bonds is 4. The summed E-state index contributed by atoms with van der Waals surface area (Å²) >= 11 is 0. The third-order valence-corrected chi connectivity index (χ3v) is 2.86. The summed E-state index contributed by atoms with van der Waals surface area (Å²) in [7, 11) is 0. The van der Waals surface area contributed by atoms with E-state index >= 15 is 0 Å². The van der Waals surface area contributed by atoms with Crippen molar-refractivity contribution in [3.05, 3.63) is 29.8 Å². The van der Waals surface area contributed by atoms with Gasteiger partial charge in [-0.3, -0.25) is 4.79 Å². The van der Waals surface area contributed by atoms with E-state index in [-0.39, 0.29) is 11.3 Å². The molecule has 1 atom stereocenters. The Kier molecular flexibility index (Phi) is 5.27. The first-order chi connectivity index (χ1) is 9.25. The molecule has 3 N–H and O–H groups in total. The first-order valence-electron chi connectivity index (χ1n) is 6.59. The molecule has 0 aromatic heterocycles. The molecule has 0 heterocycles. The van der Waals surface area contributed by atoms with Gasteiger partial charge in [-0.05, 0) is 30.5 Å². The number of benzene rings is 1. The van der Waals surface area contributed by atoms with Crippen LogP contribution in [0.25, 0.3) is 0 Å². The van der Waals surface area contributed by atoms with Gasteiger partial charge in [-0.25, -0.2) is 4.79 Å². The lowest BCUT2D eigenvalue weighted by Crippen LogP contribution is -2.45. The highest BCUT2D eigenvalue weighted by Crippen LogP contribution is 2.19. The SMILES string of the molecule is CCOC(=O)c1cccc(NC(=O)[C@H](N)C(C)(C)C)c1. The molecule has 110 valence electrons. The molecule has 0 aliphatic heterocycles. The lowest BCUT2D eigenvalue weighted by Gasteiger charge is -2.25. The fourth-order valence-electron chi connectivity index (χ4n) is 1.55. The van der Waals surface area contributed by atoms with E-state index in [1.807, 2.05) is 20.8 Å². The largest absolute Gasteiger partial charge is 0.462 e. The Morgan fingerprint density at radius 2 is 2.00 bits per heavy atom. The van der Waals surface area contributed by atoms with Crippen molar-refractivity contribution >= 4 is 17.6 Å². The minimum Gasteiger partial charge on any atom is -0.462 e. The van der Waals surface area contributed by atoms with Crippen molar-refractivity contribution in [1.82, 2.24) is 0 Å². The average molecular weight is 278 g/mol. The van der Waals surface area contributed by atoms with Crippen LogP contribution in [0.2, 0.25) is 0 Å². The molecule has 1 aromatic carbocycles.